The van der Waals surface area contributed by atoms with E-state index in [0.717, 1.165) is 26.9 Å². The van der Waals surface area contributed by atoms with Crippen LogP contribution in [0, 0.1) is 13.8 Å². The summed E-state index contributed by atoms with van der Waals surface area (Å²) >= 11 is 3.40. The summed E-state index contributed by atoms with van der Waals surface area (Å²) in [5.74, 6) is 1.79. The molecule has 0 atom stereocenters. The van der Waals surface area contributed by atoms with Crippen LogP contribution >= 0.6 is 15.9 Å². The molecule has 0 bridgehead atoms. The molecule has 0 N–H and O–H groups in total. The number of ether oxygens (including phenoxy) is 1. The topological polar surface area (TPSA) is 48.2 Å². The Labute approximate surface area is 137 Å². The standard InChI is InChI=1S/C17H15BrN2O2/c1-11-3-4-12(2)15(9-11)21-10-16-19-20-17(22-16)13-5-7-14(18)8-6-13/h3-9H,10H2,1-2H3. The van der Waals surface area contributed by atoms with Gasteiger partial charge in [-0.05, 0) is 55.3 Å². The normalized spacial score (nSPS) is 10.7. The van der Waals surface area contributed by atoms with Gasteiger partial charge < -0.3 is 9.15 Å². The van der Waals surface area contributed by atoms with E-state index in [4.69, 9.17) is 9.15 Å². The summed E-state index contributed by atoms with van der Waals surface area (Å²) in [6.07, 6.45) is 0. The van der Waals surface area contributed by atoms with Crippen molar-refractivity contribution in [1.82, 2.24) is 10.2 Å². The second-order valence-electron chi connectivity index (χ2n) is 5.07. The van der Waals surface area contributed by atoms with Crippen LogP contribution in [0.25, 0.3) is 11.5 Å². The molecule has 22 heavy (non-hydrogen) atoms. The van der Waals surface area contributed by atoms with E-state index in [0.29, 0.717) is 11.8 Å². The molecule has 0 aliphatic heterocycles. The van der Waals surface area contributed by atoms with Gasteiger partial charge in [0.1, 0.15) is 5.75 Å². The Morgan fingerprint density at radius 1 is 1.05 bits per heavy atom. The van der Waals surface area contributed by atoms with Crippen molar-refractivity contribution in [2.45, 2.75) is 20.5 Å². The van der Waals surface area contributed by atoms with Gasteiger partial charge in [-0.15, -0.1) is 10.2 Å². The van der Waals surface area contributed by atoms with Crippen molar-refractivity contribution in [2.75, 3.05) is 0 Å². The first-order valence-electron chi connectivity index (χ1n) is 6.90. The van der Waals surface area contributed by atoms with Gasteiger partial charge in [0, 0.05) is 10.0 Å². The Bertz CT molecular complexity index is 782. The lowest BCUT2D eigenvalue weighted by Crippen LogP contribution is -1.97. The van der Waals surface area contributed by atoms with Gasteiger partial charge in [0.2, 0.25) is 5.89 Å². The molecule has 1 heterocycles. The average Bonchev–Trinajstić information content (AvgIpc) is 2.98. The smallest absolute Gasteiger partial charge is 0.254 e. The van der Waals surface area contributed by atoms with E-state index < -0.39 is 0 Å². The van der Waals surface area contributed by atoms with Gasteiger partial charge in [0.25, 0.3) is 5.89 Å². The predicted molar refractivity (Wildman–Crippen MR) is 87.7 cm³/mol. The number of aryl methyl sites for hydroxylation is 2. The zero-order valence-corrected chi connectivity index (χ0v) is 13.9. The number of benzene rings is 2. The van der Waals surface area contributed by atoms with E-state index in [1.807, 2.05) is 50.2 Å². The van der Waals surface area contributed by atoms with Gasteiger partial charge in [-0.2, -0.15) is 0 Å². The number of nitrogens with zero attached hydrogens (tertiary/aromatic N) is 2. The third-order valence-electron chi connectivity index (χ3n) is 3.25. The van der Waals surface area contributed by atoms with Crippen molar-refractivity contribution in [3.05, 3.63) is 64.0 Å². The van der Waals surface area contributed by atoms with Crippen molar-refractivity contribution >= 4 is 15.9 Å². The highest BCUT2D eigenvalue weighted by Crippen LogP contribution is 2.23. The number of rotatable bonds is 4. The van der Waals surface area contributed by atoms with Gasteiger partial charge in [-0.3, -0.25) is 0 Å². The van der Waals surface area contributed by atoms with Crippen molar-refractivity contribution in [2.24, 2.45) is 0 Å². The summed E-state index contributed by atoms with van der Waals surface area (Å²) in [6, 6.07) is 13.8. The van der Waals surface area contributed by atoms with E-state index in [2.05, 4.69) is 32.2 Å². The van der Waals surface area contributed by atoms with Gasteiger partial charge in [-0.1, -0.05) is 28.1 Å². The Morgan fingerprint density at radius 2 is 1.82 bits per heavy atom. The minimum atomic E-state index is 0.258. The summed E-state index contributed by atoms with van der Waals surface area (Å²) in [4.78, 5) is 0. The highest BCUT2D eigenvalue weighted by Gasteiger charge is 2.09. The number of hydrogen-bond donors (Lipinski definition) is 0. The number of halogens is 1. The molecule has 3 aromatic rings. The fourth-order valence-electron chi connectivity index (χ4n) is 2.02. The maximum Gasteiger partial charge on any atom is 0.254 e. The Balaban J connectivity index is 1.72. The molecule has 5 heteroatoms. The van der Waals surface area contributed by atoms with Gasteiger partial charge in [0.15, 0.2) is 6.61 Å². The van der Waals surface area contributed by atoms with Crippen LogP contribution in [0.15, 0.2) is 51.4 Å². The van der Waals surface area contributed by atoms with Crippen molar-refractivity contribution < 1.29 is 9.15 Å². The lowest BCUT2D eigenvalue weighted by molar-refractivity contribution is 0.263. The van der Waals surface area contributed by atoms with Crippen LogP contribution in [0.4, 0.5) is 0 Å². The first-order valence-corrected chi connectivity index (χ1v) is 7.69. The Morgan fingerprint density at radius 3 is 2.59 bits per heavy atom. The Kier molecular flexibility index (Phi) is 4.24. The van der Waals surface area contributed by atoms with Crippen molar-refractivity contribution in [3.63, 3.8) is 0 Å². The molecule has 0 radical (unpaired) electrons. The summed E-state index contributed by atoms with van der Waals surface area (Å²) < 4.78 is 12.4. The molecule has 0 saturated carbocycles. The second kappa shape index (κ2) is 6.32. The highest BCUT2D eigenvalue weighted by molar-refractivity contribution is 9.10. The monoisotopic (exact) mass is 358 g/mol. The molecule has 1 aromatic heterocycles. The van der Waals surface area contributed by atoms with E-state index in [-0.39, 0.29) is 6.61 Å². The lowest BCUT2D eigenvalue weighted by Gasteiger charge is -2.07. The molecule has 3 rings (SSSR count). The minimum Gasteiger partial charge on any atom is -0.484 e. The molecule has 2 aromatic carbocycles. The first kappa shape index (κ1) is 14.8. The van der Waals surface area contributed by atoms with Gasteiger partial charge in [0.05, 0.1) is 0 Å². The number of aromatic nitrogens is 2. The molecule has 0 spiro atoms. The van der Waals surface area contributed by atoms with Crippen molar-refractivity contribution in [1.29, 1.82) is 0 Å². The first-order chi connectivity index (χ1) is 10.6. The second-order valence-corrected chi connectivity index (χ2v) is 5.98. The third kappa shape index (κ3) is 3.36. The van der Waals surface area contributed by atoms with Gasteiger partial charge >= 0.3 is 0 Å². The van der Waals surface area contributed by atoms with Crippen LogP contribution in [-0.4, -0.2) is 10.2 Å². The van der Waals surface area contributed by atoms with E-state index >= 15 is 0 Å². The molecule has 0 saturated heterocycles. The largest absolute Gasteiger partial charge is 0.484 e. The molecule has 0 aliphatic carbocycles. The van der Waals surface area contributed by atoms with E-state index in [9.17, 15) is 0 Å². The van der Waals surface area contributed by atoms with Crippen LogP contribution in [-0.2, 0) is 6.61 Å². The minimum absolute atomic E-state index is 0.258. The van der Waals surface area contributed by atoms with Crippen LogP contribution in [0.3, 0.4) is 0 Å². The molecular weight excluding hydrogens is 344 g/mol. The maximum atomic E-state index is 5.77. The quantitative estimate of drug-likeness (QED) is 0.678. The zero-order valence-electron chi connectivity index (χ0n) is 12.3. The molecule has 0 amide bonds. The van der Waals surface area contributed by atoms with Crippen molar-refractivity contribution in [3.8, 4) is 17.2 Å². The summed E-state index contributed by atoms with van der Waals surface area (Å²) in [7, 11) is 0. The lowest BCUT2D eigenvalue weighted by atomic mass is 10.1. The molecule has 0 aliphatic rings. The molecule has 4 nitrogen and oxygen atoms in total. The molecule has 0 fully saturated rings. The fourth-order valence-corrected chi connectivity index (χ4v) is 2.29. The van der Waals surface area contributed by atoms with Crippen LogP contribution < -0.4 is 4.74 Å². The molecule has 0 unspecified atom stereocenters. The fraction of sp³-hybridized carbons (Fsp3) is 0.176. The third-order valence-corrected chi connectivity index (χ3v) is 3.78. The van der Waals surface area contributed by atoms with Crippen LogP contribution in [0.2, 0.25) is 0 Å². The highest BCUT2D eigenvalue weighted by atomic mass is 79.9. The molecular formula is C17H15BrN2O2. The summed E-state index contributed by atoms with van der Waals surface area (Å²) in [5.41, 5.74) is 3.12. The van der Waals surface area contributed by atoms with E-state index in [1.165, 1.54) is 0 Å². The van der Waals surface area contributed by atoms with Crippen LogP contribution in [0.1, 0.15) is 17.0 Å². The van der Waals surface area contributed by atoms with Crippen LogP contribution in [0.5, 0.6) is 5.75 Å². The van der Waals surface area contributed by atoms with Gasteiger partial charge in [-0.25, -0.2) is 0 Å². The zero-order chi connectivity index (χ0) is 15.5. The summed E-state index contributed by atoms with van der Waals surface area (Å²) in [5, 5.41) is 8.09. The SMILES string of the molecule is Cc1ccc(C)c(OCc2nnc(-c3ccc(Br)cc3)o2)c1. The number of hydrogen-bond acceptors (Lipinski definition) is 4. The molecule has 112 valence electrons. The maximum absolute atomic E-state index is 5.77. The predicted octanol–water partition coefficient (Wildman–Crippen LogP) is 4.69. The van der Waals surface area contributed by atoms with E-state index in [1.54, 1.807) is 0 Å². The summed E-state index contributed by atoms with van der Waals surface area (Å²) in [6.45, 7) is 4.30. The Hall–Kier alpha value is -2.14. The average molecular weight is 359 g/mol.